The molecule has 3 aromatic rings. The minimum Gasteiger partial charge on any atom is -0.423 e. The molecule has 0 spiro atoms. The Hall–Kier alpha value is -2.64. The fraction of sp³-hybridized carbons (Fsp3) is 0.167. The number of rotatable bonds is 6. The van der Waals surface area contributed by atoms with E-state index in [0.717, 1.165) is 29.5 Å². The predicted molar refractivity (Wildman–Crippen MR) is 97.1 cm³/mol. The summed E-state index contributed by atoms with van der Waals surface area (Å²) in [6.45, 7) is 0.671. The molecule has 1 heterocycles. The number of benzene rings is 2. The van der Waals surface area contributed by atoms with E-state index in [1.54, 1.807) is 18.2 Å². The summed E-state index contributed by atoms with van der Waals surface area (Å²) in [5.41, 5.74) is 1.93. The molecule has 25 heavy (non-hydrogen) atoms. The molecule has 2 aromatic carbocycles. The number of aryl methyl sites for hydroxylation is 1. The molecular weight excluding hydrogens is 340 g/mol. The number of hydrogen-bond donors (Lipinski definition) is 2. The van der Waals surface area contributed by atoms with Gasteiger partial charge in [0.2, 0.25) is 10.0 Å². The van der Waals surface area contributed by atoms with E-state index >= 15 is 0 Å². The summed E-state index contributed by atoms with van der Waals surface area (Å²) in [5.74, 6) is 0. The SMILES string of the molecule is NS(=O)(=O)c1ccc(CCCNc2cc(=O)oc3ccccc23)cc1. The maximum Gasteiger partial charge on any atom is 0.338 e. The van der Waals surface area contributed by atoms with E-state index in [0.29, 0.717) is 12.1 Å². The van der Waals surface area contributed by atoms with Crippen molar-refractivity contribution in [3.8, 4) is 0 Å². The Balaban J connectivity index is 1.61. The van der Waals surface area contributed by atoms with Gasteiger partial charge in [0.05, 0.1) is 10.6 Å². The fourth-order valence-corrected chi connectivity index (χ4v) is 3.13. The van der Waals surface area contributed by atoms with Gasteiger partial charge >= 0.3 is 5.63 Å². The molecule has 3 N–H and O–H groups in total. The highest BCUT2D eigenvalue weighted by molar-refractivity contribution is 7.89. The summed E-state index contributed by atoms with van der Waals surface area (Å²) in [7, 11) is -3.66. The monoisotopic (exact) mass is 358 g/mol. The van der Waals surface area contributed by atoms with Gasteiger partial charge in [-0.15, -0.1) is 0 Å². The van der Waals surface area contributed by atoms with Crippen molar-refractivity contribution in [1.29, 1.82) is 0 Å². The number of primary sulfonamides is 1. The van der Waals surface area contributed by atoms with Crippen molar-refractivity contribution in [2.45, 2.75) is 17.7 Å². The molecule has 0 atom stereocenters. The van der Waals surface area contributed by atoms with Crippen molar-refractivity contribution in [3.63, 3.8) is 0 Å². The van der Waals surface area contributed by atoms with Gasteiger partial charge in [0.1, 0.15) is 5.58 Å². The van der Waals surface area contributed by atoms with E-state index in [1.165, 1.54) is 18.2 Å². The van der Waals surface area contributed by atoms with E-state index in [9.17, 15) is 13.2 Å². The van der Waals surface area contributed by atoms with Crippen LogP contribution in [-0.4, -0.2) is 15.0 Å². The standard InChI is InChI=1S/C18H18N2O4S/c19-25(22,23)14-9-7-13(8-10-14)4-3-11-20-16-12-18(21)24-17-6-2-1-5-15(16)17/h1-2,5-10,12,20H,3-4,11H2,(H2,19,22,23). The normalized spacial score (nSPS) is 11.6. The van der Waals surface area contributed by atoms with E-state index in [1.807, 2.05) is 18.2 Å². The van der Waals surface area contributed by atoms with Crippen LogP contribution in [0.2, 0.25) is 0 Å². The van der Waals surface area contributed by atoms with E-state index in [2.05, 4.69) is 5.32 Å². The van der Waals surface area contributed by atoms with Gasteiger partial charge in [0.25, 0.3) is 0 Å². The molecular formula is C18H18N2O4S. The van der Waals surface area contributed by atoms with Crippen LogP contribution in [0.25, 0.3) is 11.0 Å². The maximum atomic E-state index is 11.6. The summed E-state index contributed by atoms with van der Waals surface area (Å²) in [5, 5.41) is 9.20. The van der Waals surface area contributed by atoms with Crippen LogP contribution in [0.4, 0.5) is 5.69 Å². The zero-order valence-corrected chi connectivity index (χ0v) is 14.3. The van der Waals surface area contributed by atoms with Crippen LogP contribution in [-0.2, 0) is 16.4 Å². The van der Waals surface area contributed by atoms with Gasteiger partial charge in [-0.1, -0.05) is 24.3 Å². The Morgan fingerprint density at radius 2 is 1.76 bits per heavy atom. The quantitative estimate of drug-likeness (QED) is 0.520. The summed E-state index contributed by atoms with van der Waals surface area (Å²) < 4.78 is 27.6. The van der Waals surface area contributed by atoms with Crippen molar-refractivity contribution in [2.24, 2.45) is 5.14 Å². The van der Waals surface area contributed by atoms with Gasteiger partial charge in [0.15, 0.2) is 0 Å². The van der Waals surface area contributed by atoms with Crippen LogP contribution in [0, 0.1) is 0 Å². The largest absolute Gasteiger partial charge is 0.423 e. The van der Waals surface area contributed by atoms with Gasteiger partial charge in [-0.2, -0.15) is 0 Å². The molecule has 3 rings (SSSR count). The average Bonchev–Trinajstić information content (AvgIpc) is 2.58. The number of anilines is 1. The lowest BCUT2D eigenvalue weighted by molar-refractivity contribution is 0.561. The molecule has 130 valence electrons. The first-order valence-electron chi connectivity index (χ1n) is 7.82. The van der Waals surface area contributed by atoms with Crippen molar-refractivity contribution in [1.82, 2.24) is 0 Å². The highest BCUT2D eigenvalue weighted by Crippen LogP contribution is 2.21. The molecule has 1 aromatic heterocycles. The first kappa shape index (κ1) is 17.2. The highest BCUT2D eigenvalue weighted by atomic mass is 32.2. The average molecular weight is 358 g/mol. The van der Waals surface area contributed by atoms with E-state index in [4.69, 9.17) is 9.56 Å². The number of hydrogen-bond acceptors (Lipinski definition) is 5. The third kappa shape index (κ3) is 4.26. The lowest BCUT2D eigenvalue weighted by Crippen LogP contribution is -2.12. The summed E-state index contributed by atoms with van der Waals surface area (Å²) in [6, 6.07) is 15.3. The van der Waals surface area contributed by atoms with Crippen molar-refractivity contribution < 1.29 is 12.8 Å². The third-order valence-corrected chi connectivity index (χ3v) is 4.79. The summed E-state index contributed by atoms with van der Waals surface area (Å²) in [4.78, 5) is 11.7. The predicted octanol–water partition coefficient (Wildman–Crippen LogP) is 2.49. The smallest absolute Gasteiger partial charge is 0.338 e. The number of nitrogens with two attached hydrogens (primary N) is 1. The van der Waals surface area contributed by atoms with Crippen LogP contribution < -0.4 is 16.1 Å². The third-order valence-electron chi connectivity index (χ3n) is 3.86. The second kappa shape index (κ2) is 7.08. The molecule has 7 heteroatoms. The van der Waals surface area contributed by atoms with E-state index in [-0.39, 0.29) is 10.5 Å². The van der Waals surface area contributed by atoms with Gasteiger partial charge in [0, 0.05) is 18.0 Å². The van der Waals surface area contributed by atoms with Crippen LogP contribution in [0.5, 0.6) is 0 Å². The van der Waals surface area contributed by atoms with Crippen LogP contribution in [0.15, 0.2) is 68.7 Å². The Labute approximate surface area is 145 Å². The minimum absolute atomic E-state index is 0.108. The molecule has 6 nitrogen and oxygen atoms in total. The minimum atomic E-state index is -3.66. The number of sulfonamides is 1. The fourth-order valence-electron chi connectivity index (χ4n) is 2.62. The second-order valence-corrected chi connectivity index (χ2v) is 7.26. The Bertz CT molecular complexity index is 1040. The van der Waals surface area contributed by atoms with Crippen LogP contribution in [0.3, 0.4) is 0 Å². The lowest BCUT2D eigenvalue weighted by Gasteiger charge is -2.09. The van der Waals surface area contributed by atoms with E-state index < -0.39 is 10.0 Å². The van der Waals surface area contributed by atoms with Crippen LogP contribution >= 0.6 is 0 Å². The second-order valence-electron chi connectivity index (χ2n) is 5.69. The molecule has 0 unspecified atom stereocenters. The Kier molecular flexibility index (Phi) is 4.87. The number of nitrogens with one attached hydrogen (secondary N) is 1. The zero-order valence-electron chi connectivity index (χ0n) is 13.4. The summed E-state index contributed by atoms with van der Waals surface area (Å²) >= 11 is 0. The van der Waals surface area contributed by atoms with Gasteiger partial charge < -0.3 is 9.73 Å². The van der Waals surface area contributed by atoms with Crippen LogP contribution in [0.1, 0.15) is 12.0 Å². The Morgan fingerprint density at radius 1 is 1.04 bits per heavy atom. The molecule has 0 radical (unpaired) electrons. The molecule has 0 fully saturated rings. The van der Waals surface area contributed by atoms with Gasteiger partial charge in [-0.25, -0.2) is 18.4 Å². The topological polar surface area (TPSA) is 102 Å². The number of para-hydroxylation sites is 1. The molecule has 0 bridgehead atoms. The first-order chi connectivity index (χ1) is 11.9. The Morgan fingerprint density at radius 3 is 2.48 bits per heavy atom. The lowest BCUT2D eigenvalue weighted by atomic mass is 10.1. The van der Waals surface area contributed by atoms with Gasteiger partial charge in [-0.05, 0) is 42.7 Å². The highest BCUT2D eigenvalue weighted by Gasteiger charge is 2.07. The maximum absolute atomic E-state index is 11.6. The molecule has 0 saturated heterocycles. The zero-order chi connectivity index (χ0) is 17.9. The molecule has 0 saturated carbocycles. The van der Waals surface area contributed by atoms with Crippen molar-refractivity contribution in [3.05, 3.63) is 70.6 Å². The first-order valence-corrected chi connectivity index (χ1v) is 9.37. The molecule has 0 aliphatic heterocycles. The molecule has 0 aliphatic rings. The van der Waals surface area contributed by atoms with Crippen molar-refractivity contribution in [2.75, 3.05) is 11.9 Å². The molecule has 0 aliphatic carbocycles. The van der Waals surface area contributed by atoms with Crippen molar-refractivity contribution >= 4 is 26.7 Å². The number of fused-ring (bicyclic) bond motifs is 1. The summed E-state index contributed by atoms with van der Waals surface area (Å²) in [6.07, 6.45) is 1.60. The molecule has 0 amide bonds. The van der Waals surface area contributed by atoms with Gasteiger partial charge in [-0.3, -0.25) is 0 Å².